The van der Waals surface area contributed by atoms with Gasteiger partial charge in [0.05, 0.1) is 5.92 Å². The normalized spacial score (nSPS) is 20.5. The van der Waals surface area contributed by atoms with E-state index in [1.54, 1.807) is 19.0 Å². The Labute approximate surface area is 109 Å². The third kappa shape index (κ3) is 4.20. The number of hydrogen-bond donors (Lipinski definition) is 0. The van der Waals surface area contributed by atoms with E-state index in [9.17, 15) is 9.59 Å². The molecule has 0 bridgehead atoms. The zero-order valence-corrected chi connectivity index (χ0v) is 12.0. The number of carbonyl (C=O) groups is 2. The van der Waals surface area contributed by atoms with E-state index in [0.29, 0.717) is 6.54 Å². The van der Waals surface area contributed by atoms with Crippen LogP contribution in [0.2, 0.25) is 0 Å². The maximum atomic E-state index is 12.0. The highest BCUT2D eigenvalue weighted by Gasteiger charge is 2.31. The monoisotopic (exact) mass is 256 g/mol. The fourth-order valence-corrected chi connectivity index (χ4v) is 2.01. The van der Waals surface area contributed by atoms with Crippen LogP contribution in [0.15, 0.2) is 0 Å². The lowest BCUT2D eigenvalue weighted by molar-refractivity contribution is -0.161. The SMILES string of the molecule is CN(C)C(=O)N1CCCC(C(=O)OC(C)(C)C)C1. The molecular formula is C13H24N2O3. The van der Waals surface area contributed by atoms with Gasteiger partial charge in [-0.25, -0.2) is 4.79 Å². The summed E-state index contributed by atoms with van der Waals surface area (Å²) in [5, 5.41) is 0. The van der Waals surface area contributed by atoms with Gasteiger partial charge in [-0.2, -0.15) is 0 Å². The number of likely N-dealkylation sites (tertiary alicyclic amines) is 1. The van der Waals surface area contributed by atoms with E-state index in [1.807, 2.05) is 20.8 Å². The molecule has 0 aromatic heterocycles. The molecule has 2 amide bonds. The summed E-state index contributed by atoms with van der Waals surface area (Å²) >= 11 is 0. The molecule has 0 spiro atoms. The lowest BCUT2D eigenvalue weighted by Crippen LogP contribution is -2.47. The van der Waals surface area contributed by atoms with Gasteiger partial charge in [0.15, 0.2) is 0 Å². The molecule has 1 aliphatic rings. The average molecular weight is 256 g/mol. The van der Waals surface area contributed by atoms with Gasteiger partial charge >= 0.3 is 12.0 Å². The summed E-state index contributed by atoms with van der Waals surface area (Å²) in [5.74, 6) is -0.388. The third-order valence-corrected chi connectivity index (χ3v) is 2.81. The number of ether oxygens (including phenoxy) is 1. The molecule has 0 saturated carbocycles. The molecule has 5 heteroatoms. The van der Waals surface area contributed by atoms with Gasteiger partial charge in [-0.3, -0.25) is 4.79 Å². The first-order valence-electron chi connectivity index (χ1n) is 6.40. The van der Waals surface area contributed by atoms with Gasteiger partial charge in [0, 0.05) is 27.2 Å². The summed E-state index contributed by atoms with van der Waals surface area (Å²) < 4.78 is 5.38. The molecule has 0 aliphatic carbocycles. The van der Waals surface area contributed by atoms with Crippen molar-refractivity contribution in [2.45, 2.75) is 39.2 Å². The number of amides is 2. The second-order valence-electron chi connectivity index (χ2n) is 6.00. The Bertz CT molecular complexity index is 321. The molecule has 1 fully saturated rings. The molecule has 104 valence electrons. The number of carbonyl (C=O) groups excluding carboxylic acids is 2. The van der Waals surface area contributed by atoms with Crippen molar-refractivity contribution in [1.82, 2.24) is 9.80 Å². The van der Waals surface area contributed by atoms with Crippen LogP contribution in [0.3, 0.4) is 0 Å². The average Bonchev–Trinajstić information content (AvgIpc) is 2.25. The van der Waals surface area contributed by atoms with E-state index in [-0.39, 0.29) is 17.9 Å². The summed E-state index contributed by atoms with van der Waals surface area (Å²) in [6.07, 6.45) is 1.65. The molecule has 18 heavy (non-hydrogen) atoms. The summed E-state index contributed by atoms with van der Waals surface area (Å²) in [6, 6.07) is -0.0386. The Balaban J connectivity index is 2.59. The van der Waals surface area contributed by atoms with Crippen LogP contribution in [-0.2, 0) is 9.53 Å². The third-order valence-electron chi connectivity index (χ3n) is 2.81. The van der Waals surface area contributed by atoms with Crippen LogP contribution < -0.4 is 0 Å². The Morgan fingerprint density at radius 1 is 1.28 bits per heavy atom. The van der Waals surface area contributed by atoms with Gasteiger partial charge in [0.1, 0.15) is 5.60 Å². The lowest BCUT2D eigenvalue weighted by Gasteiger charge is -2.34. The Kier molecular flexibility index (Phi) is 4.59. The lowest BCUT2D eigenvalue weighted by atomic mass is 9.98. The van der Waals surface area contributed by atoms with Gasteiger partial charge in [-0.1, -0.05) is 0 Å². The molecule has 5 nitrogen and oxygen atoms in total. The van der Waals surface area contributed by atoms with Crippen molar-refractivity contribution in [3.05, 3.63) is 0 Å². The zero-order valence-electron chi connectivity index (χ0n) is 12.0. The Morgan fingerprint density at radius 3 is 2.39 bits per heavy atom. The van der Waals surface area contributed by atoms with Crippen LogP contribution in [-0.4, -0.2) is 54.6 Å². The quantitative estimate of drug-likeness (QED) is 0.671. The number of piperidine rings is 1. The highest BCUT2D eigenvalue weighted by Crippen LogP contribution is 2.21. The van der Waals surface area contributed by atoms with Gasteiger partial charge < -0.3 is 14.5 Å². The van der Waals surface area contributed by atoms with Crippen LogP contribution >= 0.6 is 0 Å². The van der Waals surface area contributed by atoms with E-state index >= 15 is 0 Å². The van der Waals surface area contributed by atoms with Crippen molar-refractivity contribution in [3.63, 3.8) is 0 Å². The number of esters is 1. The van der Waals surface area contributed by atoms with Crippen molar-refractivity contribution in [2.75, 3.05) is 27.2 Å². The number of hydrogen-bond acceptors (Lipinski definition) is 3. The van der Waals surface area contributed by atoms with Crippen LogP contribution in [0, 0.1) is 5.92 Å². The molecule has 1 aliphatic heterocycles. The first-order chi connectivity index (χ1) is 8.20. The predicted molar refractivity (Wildman–Crippen MR) is 69.2 cm³/mol. The minimum atomic E-state index is -0.467. The van der Waals surface area contributed by atoms with Crippen LogP contribution in [0.5, 0.6) is 0 Å². The molecule has 1 rings (SSSR count). The van der Waals surface area contributed by atoms with E-state index in [0.717, 1.165) is 19.4 Å². The minimum Gasteiger partial charge on any atom is -0.460 e. The molecule has 0 radical (unpaired) electrons. The standard InChI is InChI=1S/C13H24N2O3/c1-13(2,3)18-11(16)10-7-6-8-15(9-10)12(17)14(4)5/h10H,6-9H2,1-5H3. The van der Waals surface area contributed by atoms with Gasteiger partial charge in [0.2, 0.25) is 0 Å². The summed E-state index contributed by atoms with van der Waals surface area (Å²) in [6.45, 7) is 6.76. The molecule has 0 aromatic rings. The summed E-state index contributed by atoms with van der Waals surface area (Å²) in [5.41, 5.74) is -0.467. The summed E-state index contributed by atoms with van der Waals surface area (Å²) in [4.78, 5) is 27.1. The molecule has 0 aromatic carbocycles. The maximum absolute atomic E-state index is 12.0. The molecule has 1 heterocycles. The van der Waals surface area contributed by atoms with E-state index in [2.05, 4.69) is 0 Å². The second kappa shape index (κ2) is 5.59. The van der Waals surface area contributed by atoms with Crippen LogP contribution in [0.4, 0.5) is 4.79 Å². The van der Waals surface area contributed by atoms with E-state index in [4.69, 9.17) is 4.74 Å². The highest BCUT2D eigenvalue weighted by atomic mass is 16.6. The topological polar surface area (TPSA) is 49.9 Å². The van der Waals surface area contributed by atoms with Crippen molar-refractivity contribution >= 4 is 12.0 Å². The van der Waals surface area contributed by atoms with Crippen molar-refractivity contribution in [1.29, 1.82) is 0 Å². The number of rotatable bonds is 1. The van der Waals surface area contributed by atoms with Gasteiger partial charge in [0.25, 0.3) is 0 Å². The molecule has 1 saturated heterocycles. The van der Waals surface area contributed by atoms with Gasteiger partial charge in [-0.15, -0.1) is 0 Å². The largest absolute Gasteiger partial charge is 0.460 e. The zero-order chi connectivity index (χ0) is 13.9. The summed E-state index contributed by atoms with van der Waals surface area (Å²) in [7, 11) is 3.44. The Hall–Kier alpha value is -1.26. The van der Waals surface area contributed by atoms with Crippen molar-refractivity contribution in [3.8, 4) is 0 Å². The fourth-order valence-electron chi connectivity index (χ4n) is 2.01. The predicted octanol–water partition coefficient (Wildman–Crippen LogP) is 1.72. The second-order valence-corrected chi connectivity index (χ2v) is 6.00. The van der Waals surface area contributed by atoms with Crippen LogP contribution in [0.25, 0.3) is 0 Å². The van der Waals surface area contributed by atoms with Crippen molar-refractivity contribution in [2.24, 2.45) is 5.92 Å². The fraction of sp³-hybridized carbons (Fsp3) is 0.846. The van der Waals surface area contributed by atoms with E-state index in [1.165, 1.54) is 4.90 Å². The van der Waals surface area contributed by atoms with Crippen molar-refractivity contribution < 1.29 is 14.3 Å². The first-order valence-corrected chi connectivity index (χ1v) is 6.40. The molecular weight excluding hydrogens is 232 g/mol. The number of urea groups is 1. The molecule has 1 atom stereocenters. The maximum Gasteiger partial charge on any atom is 0.319 e. The molecule has 1 unspecified atom stereocenters. The Morgan fingerprint density at radius 2 is 1.89 bits per heavy atom. The smallest absolute Gasteiger partial charge is 0.319 e. The minimum absolute atomic E-state index is 0.0386. The molecule has 0 N–H and O–H groups in total. The highest BCUT2D eigenvalue weighted by molar-refractivity contribution is 5.77. The van der Waals surface area contributed by atoms with Crippen LogP contribution in [0.1, 0.15) is 33.6 Å². The van der Waals surface area contributed by atoms with E-state index < -0.39 is 5.60 Å². The number of nitrogens with zero attached hydrogens (tertiary/aromatic N) is 2. The first kappa shape index (κ1) is 14.8. The van der Waals surface area contributed by atoms with Gasteiger partial charge in [-0.05, 0) is 33.6 Å².